The number of nitrogens with one attached hydrogen (secondary N) is 1. The Labute approximate surface area is 197 Å². The Balaban J connectivity index is 0.00000300. The lowest BCUT2D eigenvalue weighted by atomic mass is 10.1. The Morgan fingerprint density at radius 1 is 1.31 bits per heavy atom. The van der Waals surface area contributed by atoms with E-state index in [-0.39, 0.29) is 28.7 Å². The number of rotatable bonds is 6. The SMILES string of the molecule is CCNC(=NCc1cccc(COC2CCOCC2)c1)N1CCSC(C)(C)C1.I. The summed E-state index contributed by atoms with van der Waals surface area (Å²) in [4.78, 5) is 7.33. The average molecular weight is 534 g/mol. The van der Waals surface area contributed by atoms with E-state index in [1.165, 1.54) is 11.1 Å². The van der Waals surface area contributed by atoms with E-state index in [1.54, 1.807) is 0 Å². The Morgan fingerprint density at radius 2 is 2.07 bits per heavy atom. The molecule has 2 saturated heterocycles. The normalized spacial score (nSPS) is 20.2. The third-order valence-corrected chi connectivity index (χ3v) is 6.41. The van der Waals surface area contributed by atoms with Crippen LogP contribution in [0.5, 0.6) is 0 Å². The summed E-state index contributed by atoms with van der Waals surface area (Å²) in [5.41, 5.74) is 2.45. The van der Waals surface area contributed by atoms with Crippen molar-refractivity contribution in [3.63, 3.8) is 0 Å². The second kappa shape index (κ2) is 12.4. The summed E-state index contributed by atoms with van der Waals surface area (Å²) in [6, 6.07) is 8.63. The first kappa shape index (κ1) is 24.8. The molecule has 164 valence electrons. The molecule has 1 aromatic rings. The zero-order chi connectivity index (χ0) is 19.8. The quantitative estimate of drug-likeness (QED) is 0.336. The van der Waals surface area contributed by atoms with Gasteiger partial charge in [0.2, 0.25) is 0 Å². The van der Waals surface area contributed by atoms with Gasteiger partial charge in [0.05, 0.1) is 19.3 Å². The van der Waals surface area contributed by atoms with Gasteiger partial charge < -0.3 is 19.7 Å². The van der Waals surface area contributed by atoms with Gasteiger partial charge in [-0.2, -0.15) is 11.8 Å². The molecule has 0 atom stereocenters. The molecule has 2 aliphatic rings. The van der Waals surface area contributed by atoms with Crippen LogP contribution in [0.4, 0.5) is 0 Å². The minimum absolute atomic E-state index is 0. The van der Waals surface area contributed by atoms with Crippen molar-refractivity contribution in [1.82, 2.24) is 10.2 Å². The van der Waals surface area contributed by atoms with E-state index in [4.69, 9.17) is 14.5 Å². The zero-order valence-corrected chi connectivity index (χ0v) is 21.1. The molecule has 2 heterocycles. The van der Waals surface area contributed by atoms with Crippen molar-refractivity contribution in [2.24, 2.45) is 4.99 Å². The van der Waals surface area contributed by atoms with E-state index < -0.39 is 0 Å². The molecule has 1 N–H and O–H groups in total. The van der Waals surface area contributed by atoms with Crippen LogP contribution in [-0.4, -0.2) is 60.3 Å². The highest BCUT2D eigenvalue weighted by Gasteiger charge is 2.28. The van der Waals surface area contributed by atoms with Crippen LogP contribution in [0.3, 0.4) is 0 Å². The summed E-state index contributed by atoms with van der Waals surface area (Å²) in [6.45, 7) is 12.7. The van der Waals surface area contributed by atoms with Crippen LogP contribution < -0.4 is 5.32 Å². The molecule has 2 fully saturated rings. The largest absolute Gasteiger partial charge is 0.381 e. The van der Waals surface area contributed by atoms with Gasteiger partial charge in [0, 0.05) is 43.3 Å². The molecular formula is C22H36IN3O2S. The molecule has 7 heteroatoms. The van der Waals surface area contributed by atoms with Crippen molar-refractivity contribution in [2.45, 2.75) is 57.6 Å². The number of halogens is 1. The molecule has 0 unspecified atom stereocenters. The van der Waals surface area contributed by atoms with Crippen LogP contribution in [0, 0.1) is 0 Å². The van der Waals surface area contributed by atoms with E-state index >= 15 is 0 Å². The lowest BCUT2D eigenvalue weighted by molar-refractivity contribution is -0.0390. The smallest absolute Gasteiger partial charge is 0.194 e. The Morgan fingerprint density at radius 3 is 2.79 bits per heavy atom. The standard InChI is InChI=1S/C22H35N3O2S.HI/c1-4-23-21(25-10-13-28-22(2,3)17-25)24-15-18-6-5-7-19(14-18)16-27-20-8-11-26-12-9-20;/h5-7,14,20H,4,8-13,15-17H2,1-3H3,(H,23,24);1H. The fraction of sp³-hybridized carbons (Fsp3) is 0.682. The number of hydrogen-bond acceptors (Lipinski definition) is 4. The fourth-order valence-electron chi connectivity index (χ4n) is 3.66. The molecule has 2 aliphatic heterocycles. The number of nitrogens with zero attached hydrogens (tertiary/aromatic N) is 2. The highest BCUT2D eigenvalue weighted by atomic mass is 127. The maximum atomic E-state index is 6.07. The highest BCUT2D eigenvalue weighted by molar-refractivity contribution is 14.0. The van der Waals surface area contributed by atoms with E-state index in [1.807, 2.05) is 11.8 Å². The summed E-state index contributed by atoms with van der Waals surface area (Å²) in [5.74, 6) is 2.18. The van der Waals surface area contributed by atoms with Crippen molar-refractivity contribution in [1.29, 1.82) is 0 Å². The van der Waals surface area contributed by atoms with Gasteiger partial charge >= 0.3 is 0 Å². The number of benzene rings is 1. The van der Waals surface area contributed by atoms with Gasteiger partial charge in [0.1, 0.15) is 0 Å². The van der Waals surface area contributed by atoms with Crippen LogP contribution in [0.15, 0.2) is 29.3 Å². The highest BCUT2D eigenvalue weighted by Crippen LogP contribution is 2.29. The first-order chi connectivity index (χ1) is 13.6. The molecule has 5 nitrogen and oxygen atoms in total. The second-order valence-corrected chi connectivity index (χ2v) is 9.94. The predicted molar refractivity (Wildman–Crippen MR) is 133 cm³/mol. The third kappa shape index (κ3) is 8.26. The Bertz CT molecular complexity index is 651. The monoisotopic (exact) mass is 533 g/mol. The van der Waals surface area contributed by atoms with E-state index in [0.717, 1.165) is 57.4 Å². The van der Waals surface area contributed by atoms with Crippen LogP contribution in [0.2, 0.25) is 0 Å². The fourth-order valence-corrected chi connectivity index (χ4v) is 4.78. The second-order valence-electron chi connectivity index (χ2n) is 8.14. The van der Waals surface area contributed by atoms with Crippen LogP contribution in [0.25, 0.3) is 0 Å². The minimum atomic E-state index is 0. The predicted octanol–water partition coefficient (Wildman–Crippen LogP) is 4.29. The van der Waals surface area contributed by atoms with E-state index in [2.05, 4.69) is 55.3 Å². The Hall–Kier alpha value is -0.510. The number of guanidine groups is 1. The molecule has 29 heavy (non-hydrogen) atoms. The minimum Gasteiger partial charge on any atom is -0.381 e. The number of aliphatic imine (C=N–C) groups is 1. The summed E-state index contributed by atoms with van der Waals surface area (Å²) in [6.07, 6.45) is 2.33. The molecule has 0 bridgehead atoms. The van der Waals surface area contributed by atoms with Crippen molar-refractivity contribution in [3.8, 4) is 0 Å². The Kier molecular flexibility index (Phi) is 10.6. The first-order valence-electron chi connectivity index (χ1n) is 10.5. The molecule has 1 aromatic carbocycles. The molecule has 0 aromatic heterocycles. The maximum Gasteiger partial charge on any atom is 0.194 e. The maximum absolute atomic E-state index is 6.07. The topological polar surface area (TPSA) is 46.1 Å². The van der Waals surface area contributed by atoms with Gasteiger partial charge in [0.25, 0.3) is 0 Å². The molecule has 0 spiro atoms. The van der Waals surface area contributed by atoms with Gasteiger partial charge in [-0.05, 0) is 44.7 Å². The van der Waals surface area contributed by atoms with Gasteiger partial charge in [-0.1, -0.05) is 24.3 Å². The molecular weight excluding hydrogens is 497 g/mol. The molecule has 0 aliphatic carbocycles. The van der Waals surface area contributed by atoms with Gasteiger partial charge in [0.15, 0.2) is 5.96 Å². The van der Waals surface area contributed by atoms with Gasteiger partial charge in [-0.15, -0.1) is 24.0 Å². The number of hydrogen-bond donors (Lipinski definition) is 1. The van der Waals surface area contributed by atoms with Crippen molar-refractivity contribution < 1.29 is 9.47 Å². The van der Waals surface area contributed by atoms with Gasteiger partial charge in [-0.3, -0.25) is 0 Å². The summed E-state index contributed by atoms with van der Waals surface area (Å²) >= 11 is 2.05. The van der Waals surface area contributed by atoms with Crippen LogP contribution in [-0.2, 0) is 22.6 Å². The lowest BCUT2D eigenvalue weighted by Gasteiger charge is -2.39. The van der Waals surface area contributed by atoms with Crippen molar-refractivity contribution >= 4 is 41.7 Å². The third-order valence-electron chi connectivity index (χ3n) is 5.12. The van der Waals surface area contributed by atoms with E-state index in [0.29, 0.717) is 19.3 Å². The van der Waals surface area contributed by atoms with Gasteiger partial charge in [-0.25, -0.2) is 4.99 Å². The lowest BCUT2D eigenvalue weighted by Crippen LogP contribution is -2.50. The number of ether oxygens (including phenoxy) is 2. The summed E-state index contributed by atoms with van der Waals surface area (Å²) in [7, 11) is 0. The molecule has 0 saturated carbocycles. The van der Waals surface area contributed by atoms with Crippen molar-refractivity contribution in [3.05, 3.63) is 35.4 Å². The zero-order valence-electron chi connectivity index (χ0n) is 18.0. The molecule has 3 rings (SSSR count). The summed E-state index contributed by atoms with van der Waals surface area (Å²) in [5, 5.41) is 3.47. The van der Waals surface area contributed by atoms with Crippen LogP contribution >= 0.6 is 35.7 Å². The molecule has 0 radical (unpaired) electrons. The van der Waals surface area contributed by atoms with Crippen molar-refractivity contribution in [2.75, 3.05) is 38.6 Å². The summed E-state index contributed by atoms with van der Waals surface area (Å²) < 4.78 is 11.7. The number of thioether (sulfide) groups is 1. The van der Waals surface area contributed by atoms with E-state index in [9.17, 15) is 0 Å². The molecule has 0 amide bonds. The van der Waals surface area contributed by atoms with Crippen LogP contribution in [0.1, 0.15) is 44.7 Å². The average Bonchev–Trinajstić information content (AvgIpc) is 2.70. The first-order valence-corrected chi connectivity index (χ1v) is 11.5.